The smallest absolute Gasteiger partial charge is 0.331 e. The Labute approximate surface area is 145 Å². The second-order valence-corrected chi connectivity index (χ2v) is 7.89. The second-order valence-electron chi connectivity index (χ2n) is 7.89. The molecule has 24 heavy (non-hydrogen) atoms. The first-order valence-corrected chi connectivity index (χ1v) is 8.17. The highest BCUT2D eigenvalue weighted by Gasteiger charge is 2.10. The molecule has 0 heterocycles. The zero-order valence-electron chi connectivity index (χ0n) is 15.8. The molecule has 0 fully saturated rings. The van der Waals surface area contributed by atoms with Gasteiger partial charge in [-0.1, -0.05) is 41.5 Å². The predicted octanol–water partition coefficient (Wildman–Crippen LogP) is 2.75. The lowest BCUT2D eigenvalue weighted by Gasteiger charge is -2.17. The minimum Gasteiger partial charge on any atom is -0.460 e. The largest absolute Gasteiger partial charge is 0.460 e. The average molecular weight is 344 g/mol. The van der Waals surface area contributed by atoms with Crippen molar-refractivity contribution in [2.24, 2.45) is 10.8 Å². The number of hydrogen-bond acceptors (Lipinski definition) is 6. The molecule has 0 bridgehead atoms. The first-order chi connectivity index (χ1) is 11.0. The van der Waals surface area contributed by atoms with E-state index in [1.165, 1.54) is 0 Å². The topological polar surface area (TPSA) is 71.1 Å². The van der Waals surface area contributed by atoms with Crippen LogP contribution in [0.3, 0.4) is 0 Å². The molecule has 140 valence electrons. The van der Waals surface area contributed by atoms with E-state index in [9.17, 15) is 9.59 Å². The molecule has 0 saturated carbocycles. The van der Waals surface area contributed by atoms with Gasteiger partial charge >= 0.3 is 11.9 Å². The molecule has 0 aliphatic carbocycles. The summed E-state index contributed by atoms with van der Waals surface area (Å²) in [6, 6.07) is 0. The zero-order valence-corrected chi connectivity index (χ0v) is 15.8. The molecule has 0 spiro atoms. The summed E-state index contributed by atoms with van der Waals surface area (Å²) in [5.74, 6) is -1.20. The van der Waals surface area contributed by atoms with E-state index >= 15 is 0 Å². The monoisotopic (exact) mass is 344 g/mol. The molecular formula is C18H32O6. The van der Waals surface area contributed by atoms with Crippen molar-refractivity contribution >= 4 is 11.9 Å². The summed E-state index contributed by atoms with van der Waals surface area (Å²) in [5.41, 5.74) is 0.147. The Morgan fingerprint density at radius 3 is 1.29 bits per heavy atom. The summed E-state index contributed by atoms with van der Waals surface area (Å²) in [4.78, 5) is 22.8. The van der Waals surface area contributed by atoms with Crippen LogP contribution < -0.4 is 0 Å². The average Bonchev–Trinajstić information content (AvgIpc) is 2.42. The van der Waals surface area contributed by atoms with Crippen molar-refractivity contribution in [3.8, 4) is 0 Å². The van der Waals surface area contributed by atoms with Gasteiger partial charge in [-0.25, -0.2) is 9.59 Å². The van der Waals surface area contributed by atoms with E-state index in [0.29, 0.717) is 26.4 Å². The van der Waals surface area contributed by atoms with E-state index in [1.807, 2.05) is 0 Å². The van der Waals surface area contributed by atoms with Crippen molar-refractivity contribution in [1.82, 2.24) is 0 Å². The Morgan fingerprint density at radius 2 is 1.00 bits per heavy atom. The van der Waals surface area contributed by atoms with Gasteiger partial charge in [0.25, 0.3) is 0 Å². The molecule has 6 heteroatoms. The number of rotatable bonds is 10. The Bertz CT molecular complexity index is 363. The number of ether oxygens (including phenoxy) is 4. The van der Waals surface area contributed by atoms with E-state index in [0.717, 1.165) is 12.2 Å². The fourth-order valence-electron chi connectivity index (χ4n) is 1.39. The molecule has 0 saturated heterocycles. The Balaban J connectivity index is 3.69. The molecule has 0 aliphatic rings. The van der Waals surface area contributed by atoms with E-state index < -0.39 is 11.9 Å². The van der Waals surface area contributed by atoms with Gasteiger partial charge in [-0.05, 0) is 10.8 Å². The third kappa shape index (κ3) is 17.0. The van der Waals surface area contributed by atoms with Gasteiger partial charge in [0.05, 0.1) is 26.4 Å². The van der Waals surface area contributed by atoms with E-state index in [1.54, 1.807) is 0 Å². The van der Waals surface area contributed by atoms with Crippen LogP contribution in [0.2, 0.25) is 0 Å². The van der Waals surface area contributed by atoms with Crippen molar-refractivity contribution in [2.75, 3.05) is 39.6 Å². The molecule has 0 aromatic rings. The SMILES string of the molecule is CC(C)(C)COCCOC(=O)/C=C\C(=O)OCCOCC(C)(C)C. The van der Waals surface area contributed by atoms with Gasteiger partial charge in [0, 0.05) is 12.2 Å². The Hall–Kier alpha value is -1.40. The Kier molecular flexibility index (Phi) is 10.6. The van der Waals surface area contributed by atoms with Gasteiger partial charge in [-0.3, -0.25) is 0 Å². The van der Waals surface area contributed by atoms with Crippen molar-refractivity contribution in [3.63, 3.8) is 0 Å². The number of hydrogen-bond donors (Lipinski definition) is 0. The molecule has 0 rings (SSSR count). The highest BCUT2D eigenvalue weighted by Crippen LogP contribution is 2.13. The summed E-state index contributed by atoms with van der Waals surface area (Å²) in [5, 5.41) is 0. The van der Waals surface area contributed by atoms with Gasteiger partial charge in [0.1, 0.15) is 13.2 Å². The fraction of sp³-hybridized carbons (Fsp3) is 0.778. The lowest BCUT2D eigenvalue weighted by molar-refractivity contribution is -0.142. The lowest BCUT2D eigenvalue weighted by Crippen LogP contribution is -2.18. The van der Waals surface area contributed by atoms with Crippen molar-refractivity contribution in [2.45, 2.75) is 41.5 Å². The van der Waals surface area contributed by atoms with Crippen molar-refractivity contribution in [3.05, 3.63) is 12.2 Å². The molecule has 6 nitrogen and oxygen atoms in total. The van der Waals surface area contributed by atoms with Crippen LogP contribution in [-0.2, 0) is 28.5 Å². The van der Waals surface area contributed by atoms with Crippen LogP contribution in [-0.4, -0.2) is 51.6 Å². The van der Waals surface area contributed by atoms with Crippen LogP contribution >= 0.6 is 0 Å². The number of carbonyl (C=O) groups is 2. The maximum absolute atomic E-state index is 11.4. The van der Waals surface area contributed by atoms with Crippen LogP contribution in [0.5, 0.6) is 0 Å². The summed E-state index contributed by atoms with van der Waals surface area (Å²) in [6.45, 7) is 14.5. The van der Waals surface area contributed by atoms with Gasteiger partial charge < -0.3 is 18.9 Å². The second kappa shape index (κ2) is 11.2. The standard InChI is InChI=1S/C18H32O6/c1-17(2,3)13-21-9-11-23-15(19)7-8-16(20)24-12-10-22-14-18(4,5)6/h7-8H,9-14H2,1-6H3/b8-7-. The van der Waals surface area contributed by atoms with Crippen molar-refractivity contribution < 1.29 is 28.5 Å². The summed E-state index contributed by atoms with van der Waals surface area (Å²) >= 11 is 0. The number of carbonyl (C=O) groups excluding carboxylic acids is 2. The zero-order chi connectivity index (χ0) is 18.6. The number of esters is 2. The molecular weight excluding hydrogens is 312 g/mol. The highest BCUT2D eigenvalue weighted by atomic mass is 16.6. The minimum absolute atomic E-state index is 0.0737. The van der Waals surface area contributed by atoms with Crippen molar-refractivity contribution in [1.29, 1.82) is 0 Å². The molecule has 0 aliphatic heterocycles. The van der Waals surface area contributed by atoms with Crippen LogP contribution in [0.25, 0.3) is 0 Å². The van der Waals surface area contributed by atoms with Gasteiger partial charge in [-0.2, -0.15) is 0 Å². The van der Waals surface area contributed by atoms with Crippen LogP contribution in [0.15, 0.2) is 12.2 Å². The molecule has 0 atom stereocenters. The Morgan fingerprint density at radius 1 is 0.667 bits per heavy atom. The summed E-state index contributed by atoms with van der Waals surface area (Å²) in [7, 11) is 0. The quantitative estimate of drug-likeness (QED) is 0.345. The van der Waals surface area contributed by atoms with Crippen LogP contribution in [0.4, 0.5) is 0 Å². The third-order valence-corrected chi connectivity index (χ3v) is 2.37. The van der Waals surface area contributed by atoms with Crippen LogP contribution in [0, 0.1) is 10.8 Å². The van der Waals surface area contributed by atoms with Gasteiger partial charge in [-0.15, -0.1) is 0 Å². The van der Waals surface area contributed by atoms with E-state index in [4.69, 9.17) is 18.9 Å². The maximum atomic E-state index is 11.4. The first-order valence-electron chi connectivity index (χ1n) is 8.17. The molecule has 0 N–H and O–H groups in total. The normalized spacial score (nSPS) is 12.4. The maximum Gasteiger partial charge on any atom is 0.331 e. The molecule has 0 aromatic carbocycles. The predicted molar refractivity (Wildman–Crippen MR) is 91.6 cm³/mol. The molecule has 0 amide bonds. The fourth-order valence-corrected chi connectivity index (χ4v) is 1.39. The summed E-state index contributed by atoms with van der Waals surface area (Å²) < 4.78 is 20.5. The lowest BCUT2D eigenvalue weighted by atomic mass is 9.99. The van der Waals surface area contributed by atoms with E-state index in [-0.39, 0.29) is 24.0 Å². The first kappa shape index (κ1) is 22.6. The summed E-state index contributed by atoms with van der Waals surface area (Å²) in [6.07, 6.45) is 2.09. The van der Waals surface area contributed by atoms with Gasteiger partial charge in [0.15, 0.2) is 0 Å². The minimum atomic E-state index is -0.602. The third-order valence-electron chi connectivity index (χ3n) is 2.37. The van der Waals surface area contributed by atoms with Gasteiger partial charge in [0.2, 0.25) is 0 Å². The molecule has 0 radical (unpaired) electrons. The van der Waals surface area contributed by atoms with E-state index in [2.05, 4.69) is 41.5 Å². The molecule has 0 aromatic heterocycles. The van der Waals surface area contributed by atoms with Crippen LogP contribution in [0.1, 0.15) is 41.5 Å². The highest BCUT2D eigenvalue weighted by molar-refractivity contribution is 5.91. The molecule has 0 unspecified atom stereocenters.